The van der Waals surface area contributed by atoms with Gasteiger partial charge in [-0.3, -0.25) is 0 Å². The van der Waals surface area contributed by atoms with Crippen LogP contribution in [0.4, 0.5) is 0 Å². The van der Waals surface area contributed by atoms with Gasteiger partial charge in [0.05, 0.1) is 15.6 Å². The molecule has 4 heteroatoms. The van der Waals surface area contributed by atoms with Crippen molar-refractivity contribution < 1.29 is 5.11 Å². The molecular weight excluding hydrogens is 281 g/mol. The molecule has 0 aliphatic heterocycles. The minimum Gasteiger partial charge on any atom is -0.385 e. The zero-order valence-electron chi connectivity index (χ0n) is 11.5. The van der Waals surface area contributed by atoms with Crippen LogP contribution in [0.3, 0.4) is 0 Å². The second kappa shape index (κ2) is 5.61. The molecule has 1 saturated carbocycles. The van der Waals surface area contributed by atoms with Crippen molar-refractivity contribution in [1.29, 1.82) is 0 Å². The van der Waals surface area contributed by atoms with Gasteiger partial charge in [0.25, 0.3) is 0 Å². The summed E-state index contributed by atoms with van der Waals surface area (Å²) in [4.78, 5) is 0. The predicted molar refractivity (Wildman–Crippen MR) is 80.9 cm³/mol. The first-order chi connectivity index (χ1) is 8.93. The summed E-state index contributed by atoms with van der Waals surface area (Å²) >= 11 is 12.1. The summed E-state index contributed by atoms with van der Waals surface area (Å²) in [5.41, 5.74) is -0.154. The predicted octanol–water partition coefficient (Wildman–Crippen LogP) is 3.98. The third kappa shape index (κ3) is 2.64. The van der Waals surface area contributed by atoms with E-state index in [2.05, 4.69) is 12.2 Å². The van der Waals surface area contributed by atoms with Gasteiger partial charge in [-0.05, 0) is 37.6 Å². The van der Waals surface area contributed by atoms with E-state index < -0.39 is 5.60 Å². The number of aliphatic hydroxyl groups is 1. The Hall–Kier alpha value is -0.280. The van der Waals surface area contributed by atoms with Crippen LogP contribution >= 0.6 is 23.2 Å². The number of rotatable bonds is 3. The molecular formula is C15H21Cl2NO. The third-order valence-electron chi connectivity index (χ3n) is 4.48. The largest absolute Gasteiger partial charge is 0.385 e. The van der Waals surface area contributed by atoms with Crippen molar-refractivity contribution >= 4 is 23.2 Å². The number of halogens is 2. The quantitative estimate of drug-likeness (QED) is 0.885. The first-order valence-corrected chi connectivity index (χ1v) is 7.51. The fourth-order valence-corrected chi connectivity index (χ4v) is 3.57. The molecule has 0 amide bonds. The van der Waals surface area contributed by atoms with Gasteiger partial charge in [-0.25, -0.2) is 0 Å². The molecule has 0 unspecified atom stereocenters. The second-order valence-electron chi connectivity index (χ2n) is 5.79. The molecule has 0 spiro atoms. The first-order valence-electron chi connectivity index (χ1n) is 6.75. The van der Waals surface area contributed by atoms with Crippen LogP contribution in [0.2, 0.25) is 10.0 Å². The van der Waals surface area contributed by atoms with Gasteiger partial charge in [-0.1, -0.05) is 49.0 Å². The van der Waals surface area contributed by atoms with E-state index in [-0.39, 0.29) is 5.41 Å². The zero-order chi connectivity index (χ0) is 14.1. The Morgan fingerprint density at radius 2 is 1.89 bits per heavy atom. The van der Waals surface area contributed by atoms with E-state index in [0.29, 0.717) is 10.0 Å². The van der Waals surface area contributed by atoms with E-state index in [1.165, 1.54) is 0 Å². The highest BCUT2D eigenvalue weighted by atomic mass is 35.5. The summed E-state index contributed by atoms with van der Waals surface area (Å²) < 4.78 is 0. The van der Waals surface area contributed by atoms with E-state index >= 15 is 0 Å². The van der Waals surface area contributed by atoms with Gasteiger partial charge in [0.15, 0.2) is 0 Å². The molecule has 1 aromatic rings. The molecule has 0 aromatic heterocycles. The smallest absolute Gasteiger partial charge is 0.0962 e. The summed E-state index contributed by atoms with van der Waals surface area (Å²) in [7, 11) is 1.93. The molecule has 2 atom stereocenters. The van der Waals surface area contributed by atoms with Gasteiger partial charge < -0.3 is 10.4 Å². The van der Waals surface area contributed by atoms with E-state index in [9.17, 15) is 5.11 Å². The Bertz CT molecular complexity index is 461. The lowest BCUT2D eigenvalue weighted by molar-refractivity contribution is -0.111. The highest BCUT2D eigenvalue weighted by Crippen LogP contribution is 2.50. The molecule has 1 aliphatic rings. The molecule has 0 bridgehead atoms. The molecule has 2 N–H and O–H groups in total. The Kier molecular flexibility index (Phi) is 4.46. The monoisotopic (exact) mass is 301 g/mol. The Labute approximate surface area is 125 Å². The number of hydrogen-bond acceptors (Lipinski definition) is 2. The van der Waals surface area contributed by atoms with E-state index in [4.69, 9.17) is 23.2 Å². The highest BCUT2D eigenvalue weighted by molar-refractivity contribution is 6.42. The van der Waals surface area contributed by atoms with Crippen LogP contribution in [-0.4, -0.2) is 18.7 Å². The van der Waals surface area contributed by atoms with Gasteiger partial charge in [0.2, 0.25) is 0 Å². The van der Waals surface area contributed by atoms with Crippen molar-refractivity contribution in [2.75, 3.05) is 13.6 Å². The average Bonchev–Trinajstić information content (AvgIpc) is 2.37. The summed E-state index contributed by atoms with van der Waals surface area (Å²) in [6.07, 6.45) is 3.96. The van der Waals surface area contributed by atoms with Crippen molar-refractivity contribution in [1.82, 2.24) is 5.32 Å². The second-order valence-corrected chi connectivity index (χ2v) is 6.60. The molecule has 2 nitrogen and oxygen atoms in total. The maximum absolute atomic E-state index is 11.3. The van der Waals surface area contributed by atoms with Crippen molar-refractivity contribution in [3.05, 3.63) is 33.8 Å². The molecule has 1 aliphatic carbocycles. The SMILES string of the molecule is CNC[C@@]1(C)CCCC[C@]1(O)c1ccc(Cl)c(Cl)c1. The van der Waals surface area contributed by atoms with Crippen LogP contribution in [0.5, 0.6) is 0 Å². The molecule has 1 aromatic carbocycles. The first kappa shape index (κ1) is 15.1. The van der Waals surface area contributed by atoms with Gasteiger partial charge in [-0.15, -0.1) is 0 Å². The lowest BCUT2D eigenvalue weighted by Gasteiger charge is -2.49. The molecule has 1 fully saturated rings. The van der Waals surface area contributed by atoms with E-state index in [0.717, 1.165) is 37.8 Å². The third-order valence-corrected chi connectivity index (χ3v) is 5.22. The van der Waals surface area contributed by atoms with E-state index in [1.807, 2.05) is 19.2 Å². The van der Waals surface area contributed by atoms with Gasteiger partial charge >= 0.3 is 0 Å². The van der Waals surface area contributed by atoms with Crippen molar-refractivity contribution in [2.24, 2.45) is 5.41 Å². The molecule has 0 heterocycles. The number of hydrogen-bond donors (Lipinski definition) is 2. The van der Waals surface area contributed by atoms with Crippen LogP contribution in [0, 0.1) is 5.41 Å². The van der Waals surface area contributed by atoms with Gasteiger partial charge in [0.1, 0.15) is 0 Å². The van der Waals surface area contributed by atoms with Gasteiger partial charge in [-0.2, -0.15) is 0 Å². The topological polar surface area (TPSA) is 32.3 Å². The molecule has 2 rings (SSSR count). The average molecular weight is 302 g/mol. The highest BCUT2D eigenvalue weighted by Gasteiger charge is 2.49. The van der Waals surface area contributed by atoms with Crippen molar-refractivity contribution in [2.45, 2.75) is 38.2 Å². The Morgan fingerprint density at radius 1 is 1.21 bits per heavy atom. The summed E-state index contributed by atoms with van der Waals surface area (Å²) in [6.45, 7) is 2.93. The minimum absolute atomic E-state index is 0.183. The summed E-state index contributed by atoms with van der Waals surface area (Å²) in [5.74, 6) is 0. The normalized spacial score (nSPS) is 31.4. The van der Waals surface area contributed by atoms with Crippen LogP contribution in [0.1, 0.15) is 38.2 Å². The fourth-order valence-electron chi connectivity index (χ4n) is 3.28. The van der Waals surface area contributed by atoms with Crippen LogP contribution < -0.4 is 5.32 Å². The standard InChI is InChI=1S/C15H21Cl2NO/c1-14(10-18-2)7-3-4-8-15(14,19)11-5-6-12(16)13(17)9-11/h5-6,9,18-19H,3-4,7-8,10H2,1-2H3/t14-,15+/m1/s1. The molecule has 0 radical (unpaired) electrons. The number of nitrogens with one attached hydrogen (secondary N) is 1. The van der Waals surface area contributed by atoms with Crippen LogP contribution in [-0.2, 0) is 5.60 Å². The van der Waals surface area contributed by atoms with E-state index in [1.54, 1.807) is 6.07 Å². The van der Waals surface area contributed by atoms with Crippen LogP contribution in [0.15, 0.2) is 18.2 Å². The maximum atomic E-state index is 11.3. The molecule has 106 valence electrons. The summed E-state index contributed by atoms with van der Waals surface area (Å²) in [6, 6.07) is 5.47. The number of benzene rings is 1. The Morgan fingerprint density at radius 3 is 2.53 bits per heavy atom. The molecule has 19 heavy (non-hydrogen) atoms. The molecule has 0 saturated heterocycles. The fraction of sp³-hybridized carbons (Fsp3) is 0.600. The van der Waals surface area contributed by atoms with Crippen molar-refractivity contribution in [3.63, 3.8) is 0 Å². The lowest BCUT2D eigenvalue weighted by atomic mass is 9.61. The summed E-state index contributed by atoms with van der Waals surface area (Å²) in [5, 5.41) is 15.5. The minimum atomic E-state index is -0.845. The van der Waals surface area contributed by atoms with Gasteiger partial charge in [0, 0.05) is 12.0 Å². The van der Waals surface area contributed by atoms with Crippen LogP contribution in [0.25, 0.3) is 0 Å². The lowest BCUT2D eigenvalue weighted by Crippen LogP contribution is -2.51. The maximum Gasteiger partial charge on any atom is 0.0962 e. The Balaban J connectivity index is 2.44. The van der Waals surface area contributed by atoms with Crippen molar-refractivity contribution in [3.8, 4) is 0 Å². The zero-order valence-corrected chi connectivity index (χ0v) is 13.0.